The summed E-state index contributed by atoms with van der Waals surface area (Å²) in [5.74, 6) is -0.720. The van der Waals surface area contributed by atoms with Crippen LogP contribution in [0.1, 0.15) is 10.5 Å². The zero-order valence-corrected chi connectivity index (χ0v) is 8.34. The second-order valence-corrected chi connectivity index (χ2v) is 3.95. The van der Waals surface area contributed by atoms with E-state index in [2.05, 4.69) is 4.74 Å². The number of halogens is 1. The van der Waals surface area contributed by atoms with Gasteiger partial charge in [-0.05, 0) is 6.07 Å². The Bertz CT molecular complexity index is 462. The molecule has 0 spiro atoms. The molecule has 0 radical (unpaired) electrons. The third kappa shape index (κ3) is 1.92. The number of aromatic nitrogens is 1. The third-order valence-electron chi connectivity index (χ3n) is 1.66. The van der Waals surface area contributed by atoms with Crippen LogP contribution in [0.25, 0.3) is 0 Å². The zero-order valence-electron chi connectivity index (χ0n) is 7.52. The van der Waals surface area contributed by atoms with Crippen molar-refractivity contribution >= 4 is 16.2 Å². The first-order valence-electron chi connectivity index (χ1n) is 3.55. The molecule has 5 nitrogen and oxygen atoms in total. The average Bonchev–Trinajstić information content (AvgIpc) is 2.45. The fourth-order valence-corrected chi connectivity index (χ4v) is 1.51. The highest BCUT2D eigenvalue weighted by molar-refractivity contribution is 7.86. The quantitative estimate of drug-likeness (QED) is 0.538. The number of nitrogens with zero attached hydrogens (tertiary/aromatic N) is 1. The minimum absolute atomic E-state index is 0.0243. The highest BCUT2D eigenvalue weighted by Crippen LogP contribution is 2.16. The van der Waals surface area contributed by atoms with Crippen LogP contribution < -0.4 is 0 Å². The smallest absolute Gasteiger partial charge is 0.354 e. The summed E-state index contributed by atoms with van der Waals surface area (Å²) in [5.41, 5.74) is -0.0243. The van der Waals surface area contributed by atoms with E-state index in [1.54, 1.807) is 0 Å². The van der Waals surface area contributed by atoms with Crippen molar-refractivity contribution in [3.63, 3.8) is 0 Å². The second kappa shape index (κ2) is 3.41. The summed E-state index contributed by atoms with van der Waals surface area (Å²) in [6.07, 6.45) is 1.00. The van der Waals surface area contributed by atoms with Gasteiger partial charge in [0.15, 0.2) is 0 Å². The Labute approximate surface area is 80.3 Å². The molecule has 0 unspecified atom stereocenters. The molecular formula is C7H8FNO4S. The summed E-state index contributed by atoms with van der Waals surface area (Å²) in [6.45, 7) is 0. The first-order chi connectivity index (χ1) is 6.36. The van der Waals surface area contributed by atoms with Crippen molar-refractivity contribution < 1.29 is 21.8 Å². The molecule has 0 aliphatic heterocycles. The van der Waals surface area contributed by atoms with Gasteiger partial charge in [0.05, 0.1) is 7.11 Å². The van der Waals surface area contributed by atoms with E-state index in [4.69, 9.17) is 0 Å². The van der Waals surface area contributed by atoms with Crippen molar-refractivity contribution in [2.75, 3.05) is 7.11 Å². The van der Waals surface area contributed by atoms with Crippen molar-refractivity contribution in [1.82, 2.24) is 4.57 Å². The van der Waals surface area contributed by atoms with E-state index >= 15 is 0 Å². The van der Waals surface area contributed by atoms with Crippen LogP contribution in [0.2, 0.25) is 0 Å². The minimum atomic E-state index is -4.77. The number of esters is 1. The molecule has 0 saturated carbocycles. The molecule has 0 fully saturated rings. The lowest BCUT2D eigenvalue weighted by Crippen LogP contribution is -2.06. The third-order valence-corrected chi connectivity index (χ3v) is 2.44. The SMILES string of the molecule is COC(=O)c1cc(S(=O)(=O)F)cn1C. The van der Waals surface area contributed by atoms with Gasteiger partial charge in [0.25, 0.3) is 0 Å². The molecule has 0 atom stereocenters. The molecule has 7 heteroatoms. The van der Waals surface area contributed by atoms with E-state index in [0.29, 0.717) is 0 Å². The van der Waals surface area contributed by atoms with Crippen molar-refractivity contribution in [3.8, 4) is 0 Å². The van der Waals surface area contributed by atoms with E-state index in [9.17, 15) is 17.1 Å². The maximum absolute atomic E-state index is 12.5. The van der Waals surface area contributed by atoms with E-state index in [0.717, 1.165) is 19.4 Å². The summed E-state index contributed by atoms with van der Waals surface area (Å²) in [7, 11) is -2.21. The van der Waals surface area contributed by atoms with Gasteiger partial charge < -0.3 is 9.30 Å². The Morgan fingerprint density at radius 2 is 2.14 bits per heavy atom. The number of carbonyl (C=O) groups is 1. The van der Waals surface area contributed by atoms with Gasteiger partial charge in [-0.1, -0.05) is 0 Å². The van der Waals surface area contributed by atoms with Gasteiger partial charge in [0.2, 0.25) is 0 Å². The van der Waals surface area contributed by atoms with Crippen LogP contribution in [0.3, 0.4) is 0 Å². The van der Waals surface area contributed by atoms with Crippen molar-refractivity contribution in [1.29, 1.82) is 0 Å². The maximum Gasteiger partial charge on any atom is 0.354 e. The Morgan fingerprint density at radius 3 is 2.50 bits per heavy atom. The molecule has 14 heavy (non-hydrogen) atoms. The Morgan fingerprint density at radius 1 is 1.57 bits per heavy atom. The second-order valence-electron chi connectivity index (χ2n) is 2.60. The van der Waals surface area contributed by atoms with Gasteiger partial charge in [-0.3, -0.25) is 0 Å². The van der Waals surface area contributed by atoms with Crippen LogP contribution in [0.4, 0.5) is 3.89 Å². The van der Waals surface area contributed by atoms with E-state index in [-0.39, 0.29) is 5.69 Å². The number of carbonyl (C=O) groups excluding carboxylic acids is 1. The molecule has 1 heterocycles. The predicted octanol–water partition coefficient (Wildman–Crippen LogP) is 0.470. The molecule has 0 aliphatic rings. The van der Waals surface area contributed by atoms with Gasteiger partial charge in [-0.2, -0.15) is 8.42 Å². The van der Waals surface area contributed by atoms with Crippen molar-refractivity contribution in [3.05, 3.63) is 18.0 Å². The molecular weight excluding hydrogens is 213 g/mol. The molecule has 0 saturated heterocycles. The summed E-state index contributed by atoms with van der Waals surface area (Å²) in [5, 5.41) is 0. The maximum atomic E-state index is 12.5. The number of aryl methyl sites for hydroxylation is 1. The largest absolute Gasteiger partial charge is 0.464 e. The van der Waals surface area contributed by atoms with Crippen LogP contribution in [0, 0.1) is 0 Å². The van der Waals surface area contributed by atoms with E-state index in [1.807, 2.05) is 0 Å². The molecule has 0 amide bonds. The standard InChI is InChI=1S/C7H8FNO4S/c1-9-4-5(14(8,11)12)3-6(9)7(10)13-2/h3-4H,1-2H3. The summed E-state index contributed by atoms with van der Waals surface area (Å²) >= 11 is 0. The lowest BCUT2D eigenvalue weighted by atomic mass is 10.4. The summed E-state index contributed by atoms with van der Waals surface area (Å²) in [4.78, 5) is 10.5. The van der Waals surface area contributed by atoms with Crippen LogP contribution >= 0.6 is 0 Å². The van der Waals surface area contributed by atoms with Crippen LogP contribution in [0.5, 0.6) is 0 Å². The lowest BCUT2D eigenvalue weighted by molar-refractivity contribution is 0.0590. The number of rotatable bonds is 2. The first kappa shape index (κ1) is 10.7. The molecule has 0 aromatic carbocycles. The van der Waals surface area contributed by atoms with Crippen LogP contribution in [-0.2, 0) is 22.0 Å². The van der Waals surface area contributed by atoms with Crippen LogP contribution in [-0.4, -0.2) is 26.1 Å². The van der Waals surface area contributed by atoms with Crippen molar-refractivity contribution in [2.24, 2.45) is 7.05 Å². The molecule has 0 aliphatic carbocycles. The predicted molar refractivity (Wildman–Crippen MR) is 45.0 cm³/mol. The number of methoxy groups -OCH3 is 1. The lowest BCUT2D eigenvalue weighted by Gasteiger charge is -1.98. The number of hydrogen-bond acceptors (Lipinski definition) is 4. The zero-order chi connectivity index (χ0) is 10.9. The fraction of sp³-hybridized carbons (Fsp3) is 0.286. The molecule has 0 bridgehead atoms. The Balaban J connectivity index is 3.25. The number of ether oxygens (including phenoxy) is 1. The average molecular weight is 221 g/mol. The molecule has 1 rings (SSSR count). The van der Waals surface area contributed by atoms with Gasteiger partial charge >= 0.3 is 16.2 Å². The highest BCUT2D eigenvalue weighted by Gasteiger charge is 2.19. The monoisotopic (exact) mass is 221 g/mol. The first-order valence-corrected chi connectivity index (χ1v) is 4.94. The van der Waals surface area contributed by atoms with Crippen molar-refractivity contribution in [2.45, 2.75) is 4.90 Å². The topological polar surface area (TPSA) is 65.4 Å². The number of hydrogen-bond donors (Lipinski definition) is 0. The molecule has 1 aromatic rings. The summed E-state index contributed by atoms with van der Waals surface area (Å²) in [6, 6.07) is 0.918. The fourth-order valence-electron chi connectivity index (χ4n) is 0.975. The van der Waals surface area contributed by atoms with Gasteiger partial charge in [0.1, 0.15) is 10.6 Å². The minimum Gasteiger partial charge on any atom is -0.464 e. The molecule has 78 valence electrons. The molecule has 0 N–H and O–H groups in total. The van der Waals surface area contributed by atoms with E-state index < -0.39 is 21.1 Å². The van der Waals surface area contributed by atoms with Gasteiger partial charge in [0, 0.05) is 13.2 Å². The molecule has 1 aromatic heterocycles. The highest BCUT2D eigenvalue weighted by atomic mass is 32.3. The van der Waals surface area contributed by atoms with Gasteiger partial charge in [-0.15, -0.1) is 3.89 Å². The normalized spacial score (nSPS) is 11.4. The Kier molecular flexibility index (Phi) is 2.61. The van der Waals surface area contributed by atoms with E-state index in [1.165, 1.54) is 11.6 Å². The van der Waals surface area contributed by atoms with Gasteiger partial charge in [-0.25, -0.2) is 4.79 Å². The van der Waals surface area contributed by atoms with Crippen LogP contribution in [0.15, 0.2) is 17.2 Å². The summed E-state index contributed by atoms with van der Waals surface area (Å²) < 4.78 is 39.0. The Hall–Kier alpha value is -1.37.